The van der Waals surface area contributed by atoms with Crippen LogP contribution in [0.25, 0.3) is 0 Å². The van der Waals surface area contributed by atoms with Gasteiger partial charge in [0.2, 0.25) is 5.91 Å². The van der Waals surface area contributed by atoms with E-state index in [1.807, 2.05) is 0 Å². The van der Waals surface area contributed by atoms with Crippen LogP contribution in [0.5, 0.6) is 0 Å². The van der Waals surface area contributed by atoms with E-state index in [1.165, 1.54) is 51.6 Å². The Morgan fingerprint density at radius 1 is 1.29 bits per heavy atom. The van der Waals surface area contributed by atoms with Gasteiger partial charge >= 0.3 is 0 Å². The summed E-state index contributed by atoms with van der Waals surface area (Å²) >= 11 is 0. The maximum absolute atomic E-state index is 12.6. The van der Waals surface area contributed by atoms with Crippen molar-refractivity contribution in [2.45, 2.75) is 58.8 Å². The van der Waals surface area contributed by atoms with Crippen molar-refractivity contribution in [1.29, 1.82) is 0 Å². The zero-order chi connectivity index (χ0) is 17.4. The second-order valence-electron chi connectivity index (χ2n) is 8.23. The fourth-order valence-corrected chi connectivity index (χ4v) is 4.26. The molecule has 4 nitrogen and oxygen atoms in total. The van der Waals surface area contributed by atoms with Crippen molar-refractivity contribution in [3.05, 3.63) is 0 Å². The van der Waals surface area contributed by atoms with Gasteiger partial charge in [-0.3, -0.25) is 4.79 Å². The molecule has 2 saturated heterocycles. The molecule has 0 aliphatic carbocycles. The zero-order valence-electron chi connectivity index (χ0n) is 16.2. The van der Waals surface area contributed by atoms with E-state index in [0.717, 1.165) is 38.5 Å². The lowest BCUT2D eigenvalue weighted by atomic mass is 9.85. The molecule has 2 rings (SSSR count). The zero-order valence-corrected chi connectivity index (χ0v) is 16.2. The fraction of sp³-hybridized carbons (Fsp3) is 0.950. The highest BCUT2D eigenvalue weighted by Crippen LogP contribution is 2.25. The van der Waals surface area contributed by atoms with Gasteiger partial charge in [0, 0.05) is 26.1 Å². The average molecular weight is 338 g/mol. The first-order chi connectivity index (χ1) is 11.6. The Morgan fingerprint density at radius 3 is 2.67 bits per heavy atom. The summed E-state index contributed by atoms with van der Waals surface area (Å²) in [6.45, 7) is 11.1. The molecule has 0 radical (unpaired) electrons. The van der Waals surface area contributed by atoms with Gasteiger partial charge < -0.3 is 15.1 Å². The molecule has 24 heavy (non-hydrogen) atoms. The molecule has 2 fully saturated rings. The van der Waals surface area contributed by atoms with Crippen LogP contribution in [0.1, 0.15) is 58.8 Å². The highest BCUT2D eigenvalue weighted by molar-refractivity contribution is 5.76. The number of amides is 1. The topological polar surface area (TPSA) is 35.6 Å². The average Bonchev–Trinajstić information content (AvgIpc) is 2.61. The molecule has 0 aromatic heterocycles. The van der Waals surface area contributed by atoms with Crippen molar-refractivity contribution >= 4 is 5.91 Å². The Labute approximate surface area is 149 Å². The second-order valence-corrected chi connectivity index (χ2v) is 8.23. The predicted molar refractivity (Wildman–Crippen MR) is 101 cm³/mol. The lowest BCUT2D eigenvalue weighted by Crippen LogP contribution is -2.42. The maximum Gasteiger partial charge on any atom is 0.222 e. The summed E-state index contributed by atoms with van der Waals surface area (Å²) < 4.78 is 0. The van der Waals surface area contributed by atoms with Gasteiger partial charge in [-0.2, -0.15) is 0 Å². The number of carbonyl (C=O) groups excluding carboxylic acids is 1. The third kappa shape index (κ3) is 6.36. The number of hydrogen-bond acceptors (Lipinski definition) is 3. The van der Waals surface area contributed by atoms with Gasteiger partial charge in [-0.05, 0) is 76.5 Å². The lowest BCUT2D eigenvalue weighted by Gasteiger charge is -2.35. The minimum absolute atomic E-state index is 0.394. The van der Waals surface area contributed by atoms with Crippen molar-refractivity contribution in [2.24, 2.45) is 17.8 Å². The predicted octanol–water partition coefficient (Wildman–Crippen LogP) is 2.98. The largest absolute Gasteiger partial charge is 0.343 e. The highest BCUT2D eigenvalue weighted by Gasteiger charge is 2.27. The summed E-state index contributed by atoms with van der Waals surface area (Å²) in [7, 11) is 2.24. The van der Waals surface area contributed by atoms with Crippen LogP contribution < -0.4 is 5.32 Å². The highest BCUT2D eigenvalue weighted by atomic mass is 16.2. The van der Waals surface area contributed by atoms with Crippen molar-refractivity contribution in [3.63, 3.8) is 0 Å². The molecule has 2 heterocycles. The SMILES string of the molecule is CCCCN(C)CC1CCN(C(=O)CC(C)C2CCCNC2)CC1. The number of unbranched alkanes of at least 4 members (excludes halogenated alkanes) is 1. The lowest BCUT2D eigenvalue weighted by molar-refractivity contribution is -0.134. The van der Waals surface area contributed by atoms with Gasteiger partial charge in [-0.25, -0.2) is 0 Å². The Hall–Kier alpha value is -0.610. The molecule has 1 N–H and O–H groups in total. The van der Waals surface area contributed by atoms with Crippen molar-refractivity contribution in [1.82, 2.24) is 15.1 Å². The first kappa shape index (κ1) is 19.7. The monoisotopic (exact) mass is 337 g/mol. The Bertz CT molecular complexity index is 360. The van der Waals surface area contributed by atoms with E-state index in [0.29, 0.717) is 17.7 Å². The molecule has 0 saturated carbocycles. The minimum Gasteiger partial charge on any atom is -0.343 e. The summed E-state index contributed by atoms with van der Waals surface area (Å²) in [6.07, 6.45) is 8.22. The number of hydrogen-bond donors (Lipinski definition) is 1. The van der Waals surface area contributed by atoms with E-state index >= 15 is 0 Å². The van der Waals surface area contributed by atoms with Crippen LogP contribution in [0.3, 0.4) is 0 Å². The fourth-order valence-electron chi connectivity index (χ4n) is 4.26. The molecular weight excluding hydrogens is 298 g/mol. The molecule has 1 amide bonds. The Morgan fingerprint density at radius 2 is 2.04 bits per heavy atom. The molecular formula is C20H39N3O. The molecule has 0 spiro atoms. The van der Waals surface area contributed by atoms with E-state index in [1.54, 1.807) is 0 Å². The third-order valence-corrected chi connectivity index (χ3v) is 6.07. The molecule has 2 aliphatic rings. The van der Waals surface area contributed by atoms with Gasteiger partial charge in [0.15, 0.2) is 0 Å². The first-order valence-corrected chi connectivity index (χ1v) is 10.3. The number of rotatable bonds is 8. The van der Waals surface area contributed by atoms with Crippen LogP contribution in [0.4, 0.5) is 0 Å². The van der Waals surface area contributed by atoms with E-state index in [9.17, 15) is 4.79 Å². The molecule has 140 valence electrons. The van der Waals surface area contributed by atoms with Gasteiger partial charge in [0.1, 0.15) is 0 Å². The van der Waals surface area contributed by atoms with E-state index in [4.69, 9.17) is 0 Å². The van der Waals surface area contributed by atoms with Crippen molar-refractivity contribution in [2.75, 3.05) is 46.3 Å². The van der Waals surface area contributed by atoms with Crippen molar-refractivity contribution < 1.29 is 4.79 Å². The molecule has 0 aromatic carbocycles. The first-order valence-electron chi connectivity index (χ1n) is 10.3. The summed E-state index contributed by atoms with van der Waals surface area (Å²) in [5, 5.41) is 3.48. The summed E-state index contributed by atoms with van der Waals surface area (Å²) in [6, 6.07) is 0. The molecule has 0 bridgehead atoms. The van der Waals surface area contributed by atoms with E-state index in [-0.39, 0.29) is 0 Å². The number of nitrogens with zero attached hydrogens (tertiary/aromatic N) is 2. The van der Waals surface area contributed by atoms with Gasteiger partial charge in [-0.1, -0.05) is 20.3 Å². The van der Waals surface area contributed by atoms with E-state index in [2.05, 4.69) is 36.0 Å². The normalized spacial score (nSPS) is 24.3. The number of nitrogens with one attached hydrogen (secondary N) is 1. The molecule has 2 atom stereocenters. The smallest absolute Gasteiger partial charge is 0.222 e. The van der Waals surface area contributed by atoms with Gasteiger partial charge in [-0.15, -0.1) is 0 Å². The quantitative estimate of drug-likeness (QED) is 0.739. The van der Waals surface area contributed by atoms with Crippen LogP contribution in [0.2, 0.25) is 0 Å². The second kappa shape index (κ2) is 10.4. The van der Waals surface area contributed by atoms with Crippen LogP contribution in [-0.4, -0.2) is 62.0 Å². The Kier molecular flexibility index (Phi) is 8.54. The van der Waals surface area contributed by atoms with Crippen LogP contribution in [0, 0.1) is 17.8 Å². The molecule has 2 unspecified atom stereocenters. The molecule has 4 heteroatoms. The Balaban J connectivity index is 1.66. The number of likely N-dealkylation sites (tertiary alicyclic amines) is 1. The maximum atomic E-state index is 12.6. The van der Waals surface area contributed by atoms with Crippen LogP contribution in [-0.2, 0) is 4.79 Å². The molecule has 2 aliphatic heterocycles. The summed E-state index contributed by atoms with van der Waals surface area (Å²) in [4.78, 5) is 17.2. The standard InChI is InChI=1S/C20H39N3O/c1-4-5-11-22(3)16-18-8-12-23(13-9-18)20(24)14-17(2)19-7-6-10-21-15-19/h17-19,21H,4-16H2,1-3H3. The third-order valence-electron chi connectivity index (χ3n) is 6.07. The number of piperidine rings is 2. The minimum atomic E-state index is 0.394. The number of carbonyl (C=O) groups is 1. The van der Waals surface area contributed by atoms with Crippen LogP contribution >= 0.6 is 0 Å². The van der Waals surface area contributed by atoms with Crippen LogP contribution in [0.15, 0.2) is 0 Å². The summed E-state index contributed by atoms with van der Waals surface area (Å²) in [5.74, 6) is 2.37. The molecule has 0 aromatic rings. The summed E-state index contributed by atoms with van der Waals surface area (Å²) in [5.41, 5.74) is 0. The van der Waals surface area contributed by atoms with Crippen molar-refractivity contribution in [3.8, 4) is 0 Å². The van der Waals surface area contributed by atoms with Gasteiger partial charge in [0.05, 0.1) is 0 Å². The van der Waals surface area contributed by atoms with Gasteiger partial charge in [0.25, 0.3) is 0 Å². The van der Waals surface area contributed by atoms with E-state index < -0.39 is 0 Å².